The van der Waals surface area contributed by atoms with Crippen LogP contribution in [0, 0.1) is 5.92 Å². The lowest BCUT2D eigenvalue weighted by Crippen LogP contribution is -2.03. The van der Waals surface area contributed by atoms with E-state index in [0.29, 0.717) is 5.92 Å². The largest absolute Gasteiger partial charge is 0.396 e. The maximum Gasteiger partial charge on any atom is 0.0645 e. The van der Waals surface area contributed by atoms with E-state index in [2.05, 4.69) is 36.3 Å². The molecule has 1 heterocycles. The van der Waals surface area contributed by atoms with Gasteiger partial charge in [0.1, 0.15) is 0 Å². The summed E-state index contributed by atoms with van der Waals surface area (Å²) < 4.78 is 1.85. The third kappa shape index (κ3) is 3.62. The highest BCUT2D eigenvalue weighted by Crippen LogP contribution is 2.17. The minimum atomic E-state index is 0.269. The Bertz CT molecular complexity index is 453. The predicted octanol–water partition coefficient (Wildman–Crippen LogP) is 2.73. The standard InChI is InChI=1S/C14H18N2OS/c1-12(9-17)10-18-11-13-3-5-14(6-4-13)16-8-2-7-15-16/h2-8,12,17H,9-11H2,1H3. The van der Waals surface area contributed by atoms with E-state index in [1.807, 2.05) is 28.7 Å². The van der Waals surface area contributed by atoms with Crippen LogP contribution in [-0.2, 0) is 5.75 Å². The van der Waals surface area contributed by atoms with Crippen molar-refractivity contribution in [2.24, 2.45) is 5.92 Å². The minimum Gasteiger partial charge on any atom is -0.396 e. The van der Waals surface area contributed by atoms with E-state index < -0.39 is 0 Å². The lowest BCUT2D eigenvalue weighted by atomic mass is 10.2. The fraction of sp³-hybridized carbons (Fsp3) is 0.357. The molecule has 1 atom stereocenters. The highest BCUT2D eigenvalue weighted by Gasteiger charge is 2.01. The second kappa shape index (κ2) is 6.61. The average Bonchev–Trinajstić information content (AvgIpc) is 2.93. The fourth-order valence-electron chi connectivity index (χ4n) is 1.60. The molecule has 3 nitrogen and oxygen atoms in total. The maximum atomic E-state index is 8.95. The van der Waals surface area contributed by atoms with Crippen molar-refractivity contribution >= 4 is 11.8 Å². The molecule has 0 spiro atoms. The minimum absolute atomic E-state index is 0.269. The molecule has 0 fully saturated rings. The molecule has 96 valence electrons. The van der Waals surface area contributed by atoms with Gasteiger partial charge in [-0.25, -0.2) is 4.68 Å². The first-order valence-electron chi connectivity index (χ1n) is 6.07. The van der Waals surface area contributed by atoms with Crippen molar-refractivity contribution in [3.63, 3.8) is 0 Å². The van der Waals surface area contributed by atoms with Crippen LogP contribution in [-0.4, -0.2) is 27.2 Å². The predicted molar refractivity (Wildman–Crippen MR) is 76.0 cm³/mol. The van der Waals surface area contributed by atoms with Gasteiger partial charge in [0.25, 0.3) is 0 Å². The Morgan fingerprint density at radius 3 is 2.72 bits per heavy atom. The van der Waals surface area contributed by atoms with Gasteiger partial charge in [-0.1, -0.05) is 19.1 Å². The molecule has 0 aliphatic heterocycles. The first-order valence-corrected chi connectivity index (χ1v) is 7.22. The van der Waals surface area contributed by atoms with Gasteiger partial charge in [0, 0.05) is 24.8 Å². The highest BCUT2D eigenvalue weighted by molar-refractivity contribution is 7.98. The van der Waals surface area contributed by atoms with Gasteiger partial charge in [-0.2, -0.15) is 16.9 Å². The summed E-state index contributed by atoms with van der Waals surface area (Å²) in [5.74, 6) is 2.36. The van der Waals surface area contributed by atoms with E-state index in [9.17, 15) is 0 Å². The summed E-state index contributed by atoms with van der Waals surface area (Å²) in [6.07, 6.45) is 3.72. The lowest BCUT2D eigenvalue weighted by Gasteiger charge is -2.07. The smallest absolute Gasteiger partial charge is 0.0645 e. The first-order chi connectivity index (χ1) is 8.79. The number of aliphatic hydroxyl groups excluding tert-OH is 1. The topological polar surface area (TPSA) is 38.0 Å². The van der Waals surface area contributed by atoms with E-state index in [0.717, 1.165) is 17.2 Å². The van der Waals surface area contributed by atoms with Gasteiger partial charge in [-0.3, -0.25) is 0 Å². The molecular weight excluding hydrogens is 244 g/mol. The van der Waals surface area contributed by atoms with E-state index in [4.69, 9.17) is 5.11 Å². The molecule has 1 unspecified atom stereocenters. The van der Waals surface area contributed by atoms with Crippen molar-refractivity contribution in [1.29, 1.82) is 0 Å². The molecule has 4 heteroatoms. The number of aromatic nitrogens is 2. The molecule has 2 rings (SSSR count). The van der Waals surface area contributed by atoms with Crippen LogP contribution in [0.5, 0.6) is 0 Å². The normalized spacial score (nSPS) is 12.6. The number of benzene rings is 1. The van der Waals surface area contributed by atoms with Crippen LogP contribution >= 0.6 is 11.8 Å². The van der Waals surface area contributed by atoms with Gasteiger partial charge in [-0.05, 0) is 35.4 Å². The zero-order valence-electron chi connectivity index (χ0n) is 10.5. The second-order valence-electron chi connectivity index (χ2n) is 4.42. The van der Waals surface area contributed by atoms with Crippen molar-refractivity contribution in [2.45, 2.75) is 12.7 Å². The Morgan fingerprint density at radius 1 is 1.33 bits per heavy atom. The number of aliphatic hydroxyl groups is 1. The summed E-state index contributed by atoms with van der Waals surface area (Å²) in [6.45, 7) is 2.33. The van der Waals surface area contributed by atoms with Crippen LogP contribution in [0.15, 0.2) is 42.7 Å². The molecule has 0 aliphatic rings. The SMILES string of the molecule is CC(CO)CSCc1ccc(-n2cccn2)cc1. The second-order valence-corrected chi connectivity index (χ2v) is 5.45. The Balaban J connectivity index is 1.88. The van der Waals surface area contributed by atoms with Gasteiger partial charge in [-0.15, -0.1) is 0 Å². The molecule has 0 amide bonds. The van der Waals surface area contributed by atoms with Gasteiger partial charge < -0.3 is 5.11 Å². The number of hydrogen-bond acceptors (Lipinski definition) is 3. The molecular formula is C14H18N2OS. The molecule has 1 aromatic carbocycles. The van der Waals surface area contributed by atoms with Crippen molar-refractivity contribution in [1.82, 2.24) is 9.78 Å². The summed E-state index contributed by atoms with van der Waals surface area (Å²) in [7, 11) is 0. The van der Waals surface area contributed by atoms with Crippen molar-refractivity contribution < 1.29 is 5.11 Å². The average molecular weight is 262 g/mol. The Morgan fingerprint density at radius 2 is 2.11 bits per heavy atom. The van der Waals surface area contributed by atoms with Crippen molar-refractivity contribution in [3.05, 3.63) is 48.3 Å². The number of thioether (sulfide) groups is 1. The summed E-state index contributed by atoms with van der Waals surface area (Å²) in [6, 6.07) is 10.3. The molecule has 0 radical (unpaired) electrons. The quantitative estimate of drug-likeness (QED) is 0.870. The molecule has 1 aromatic heterocycles. The van der Waals surface area contributed by atoms with Crippen LogP contribution in [0.2, 0.25) is 0 Å². The summed E-state index contributed by atoms with van der Waals surface area (Å²) in [5.41, 5.74) is 2.39. The van der Waals surface area contributed by atoms with Crippen LogP contribution in [0.1, 0.15) is 12.5 Å². The number of nitrogens with zero attached hydrogens (tertiary/aromatic N) is 2. The molecule has 2 aromatic rings. The number of rotatable bonds is 6. The van der Waals surface area contributed by atoms with Gasteiger partial charge in [0.2, 0.25) is 0 Å². The molecule has 1 N–H and O–H groups in total. The first kappa shape index (κ1) is 13.2. The zero-order chi connectivity index (χ0) is 12.8. The fourth-order valence-corrected chi connectivity index (χ4v) is 2.65. The van der Waals surface area contributed by atoms with Crippen LogP contribution in [0.3, 0.4) is 0 Å². The van der Waals surface area contributed by atoms with E-state index in [1.54, 1.807) is 6.20 Å². The molecule has 0 aliphatic carbocycles. The maximum absolute atomic E-state index is 8.95. The lowest BCUT2D eigenvalue weighted by molar-refractivity contribution is 0.250. The Labute approximate surface area is 112 Å². The summed E-state index contributed by atoms with van der Waals surface area (Å²) in [4.78, 5) is 0. The van der Waals surface area contributed by atoms with Crippen LogP contribution in [0.25, 0.3) is 5.69 Å². The van der Waals surface area contributed by atoms with E-state index in [-0.39, 0.29) is 6.61 Å². The number of hydrogen-bond donors (Lipinski definition) is 1. The molecule has 0 bridgehead atoms. The van der Waals surface area contributed by atoms with Crippen molar-refractivity contribution in [2.75, 3.05) is 12.4 Å². The molecule has 18 heavy (non-hydrogen) atoms. The van der Waals surface area contributed by atoms with E-state index >= 15 is 0 Å². The van der Waals surface area contributed by atoms with Crippen LogP contribution < -0.4 is 0 Å². The summed E-state index contributed by atoms with van der Waals surface area (Å²) in [5, 5.41) is 13.1. The zero-order valence-corrected chi connectivity index (χ0v) is 11.3. The third-order valence-electron chi connectivity index (χ3n) is 2.69. The van der Waals surface area contributed by atoms with Gasteiger partial charge >= 0.3 is 0 Å². The Hall–Kier alpha value is -1.26. The van der Waals surface area contributed by atoms with Gasteiger partial charge in [0.05, 0.1) is 5.69 Å². The molecule has 0 saturated carbocycles. The Kier molecular flexibility index (Phi) is 4.84. The van der Waals surface area contributed by atoms with Crippen LogP contribution in [0.4, 0.5) is 0 Å². The molecule has 0 saturated heterocycles. The van der Waals surface area contributed by atoms with Crippen molar-refractivity contribution in [3.8, 4) is 5.69 Å². The van der Waals surface area contributed by atoms with E-state index in [1.165, 1.54) is 5.56 Å². The summed E-state index contributed by atoms with van der Waals surface area (Å²) >= 11 is 1.86. The van der Waals surface area contributed by atoms with Gasteiger partial charge in [0.15, 0.2) is 0 Å². The third-order valence-corrected chi connectivity index (χ3v) is 4.03. The highest BCUT2D eigenvalue weighted by atomic mass is 32.2. The monoisotopic (exact) mass is 262 g/mol.